The van der Waals surface area contributed by atoms with E-state index < -0.39 is 0 Å². The molecule has 0 saturated carbocycles. The van der Waals surface area contributed by atoms with Gasteiger partial charge in [-0.25, -0.2) is 0 Å². The normalized spacial score (nSPS) is 24.7. The van der Waals surface area contributed by atoms with Gasteiger partial charge in [0.25, 0.3) is 0 Å². The van der Waals surface area contributed by atoms with E-state index in [9.17, 15) is 9.59 Å². The molecule has 2 aliphatic rings. The minimum atomic E-state index is -0.00749. The van der Waals surface area contributed by atoms with Gasteiger partial charge in [0.2, 0.25) is 11.8 Å². The standard InChI is InChI=1S/C19H36N4O2/c1-14(2)23(15(3)4)18(24)13-22-10-6-7-16(12-22)11-21-19(25)17-8-5-9-20-17/h14-17,20H,5-13H2,1-4H3,(H,21,25). The summed E-state index contributed by atoms with van der Waals surface area (Å²) < 4.78 is 0. The number of hydrogen-bond donors (Lipinski definition) is 2. The first-order valence-electron chi connectivity index (χ1n) is 9.93. The van der Waals surface area contributed by atoms with Crippen LogP contribution in [0.25, 0.3) is 0 Å². The first-order valence-corrected chi connectivity index (χ1v) is 9.93. The maximum Gasteiger partial charge on any atom is 0.237 e. The molecule has 0 aromatic rings. The minimum absolute atomic E-state index is 0.00749. The van der Waals surface area contributed by atoms with Crippen LogP contribution in [0.2, 0.25) is 0 Å². The van der Waals surface area contributed by atoms with E-state index in [1.807, 2.05) is 4.90 Å². The molecule has 2 rings (SSSR count). The van der Waals surface area contributed by atoms with E-state index in [0.29, 0.717) is 12.5 Å². The Morgan fingerprint density at radius 1 is 1.16 bits per heavy atom. The van der Waals surface area contributed by atoms with Crippen molar-refractivity contribution < 1.29 is 9.59 Å². The van der Waals surface area contributed by atoms with Crippen molar-refractivity contribution in [1.29, 1.82) is 0 Å². The van der Waals surface area contributed by atoms with Gasteiger partial charge in [0, 0.05) is 25.2 Å². The van der Waals surface area contributed by atoms with Gasteiger partial charge >= 0.3 is 0 Å². The highest BCUT2D eigenvalue weighted by atomic mass is 16.2. The van der Waals surface area contributed by atoms with Crippen LogP contribution in [-0.2, 0) is 9.59 Å². The molecule has 2 saturated heterocycles. The molecule has 2 unspecified atom stereocenters. The summed E-state index contributed by atoms with van der Waals surface area (Å²) in [5, 5.41) is 6.34. The molecule has 0 bridgehead atoms. The number of carbonyl (C=O) groups is 2. The summed E-state index contributed by atoms with van der Waals surface area (Å²) in [6, 6.07) is 0.449. The SMILES string of the molecule is CC(C)N(C(=O)CN1CCCC(CNC(=O)C2CCCN2)C1)C(C)C. The third-order valence-corrected chi connectivity index (χ3v) is 5.30. The van der Waals surface area contributed by atoms with Crippen LogP contribution in [0.5, 0.6) is 0 Å². The molecule has 0 radical (unpaired) electrons. The Hall–Kier alpha value is -1.14. The number of likely N-dealkylation sites (tertiary alicyclic amines) is 1. The Morgan fingerprint density at radius 3 is 2.48 bits per heavy atom. The topological polar surface area (TPSA) is 64.7 Å². The van der Waals surface area contributed by atoms with Gasteiger partial charge < -0.3 is 15.5 Å². The number of hydrogen-bond acceptors (Lipinski definition) is 4. The fraction of sp³-hybridized carbons (Fsp3) is 0.895. The van der Waals surface area contributed by atoms with E-state index in [0.717, 1.165) is 51.9 Å². The molecule has 0 aromatic carbocycles. The summed E-state index contributed by atoms with van der Waals surface area (Å²) in [6.45, 7) is 12.3. The third kappa shape index (κ3) is 5.96. The predicted octanol–water partition coefficient (Wildman–Crippen LogP) is 1.21. The molecule has 6 nitrogen and oxygen atoms in total. The molecule has 2 fully saturated rings. The summed E-state index contributed by atoms with van der Waals surface area (Å²) in [5.74, 6) is 0.791. The molecular weight excluding hydrogens is 316 g/mol. The number of amides is 2. The van der Waals surface area contributed by atoms with E-state index >= 15 is 0 Å². The zero-order valence-electron chi connectivity index (χ0n) is 16.4. The van der Waals surface area contributed by atoms with Crippen LogP contribution >= 0.6 is 0 Å². The Bertz CT molecular complexity index is 439. The number of nitrogens with zero attached hydrogens (tertiary/aromatic N) is 2. The van der Waals surface area contributed by atoms with Crippen LogP contribution in [0.4, 0.5) is 0 Å². The Morgan fingerprint density at radius 2 is 1.88 bits per heavy atom. The van der Waals surface area contributed by atoms with Crippen molar-refractivity contribution >= 4 is 11.8 Å². The van der Waals surface area contributed by atoms with E-state index in [1.54, 1.807) is 0 Å². The largest absolute Gasteiger partial charge is 0.354 e. The van der Waals surface area contributed by atoms with Gasteiger partial charge in [-0.2, -0.15) is 0 Å². The van der Waals surface area contributed by atoms with Gasteiger partial charge in [0.15, 0.2) is 0 Å². The fourth-order valence-electron chi connectivity index (χ4n) is 4.18. The Kier molecular flexibility index (Phi) is 7.69. The van der Waals surface area contributed by atoms with Crippen molar-refractivity contribution in [2.75, 3.05) is 32.7 Å². The first-order chi connectivity index (χ1) is 11.9. The average molecular weight is 353 g/mol. The van der Waals surface area contributed by atoms with Crippen LogP contribution in [0.1, 0.15) is 53.4 Å². The van der Waals surface area contributed by atoms with Gasteiger partial charge in [0.05, 0.1) is 12.6 Å². The maximum absolute atomic E-state index is 12.6. The molecular formula is C19H36N4O2. The highest BCUT2D eigenvalue weighted by Gasteiger charge is 2.27. The fourth-order valence-corrected chi connectivity index (χ4v) is 4.18. The summed E-state index contributed by atoms with van der Waals surface area (Å²) in [7, 11) is 0. The molecule has 2 amide bonds. The van der Waals surface area contributed by atoms with Gasteiger partial charge in [-0.15, -0.1) is 0 Å². The number of nitrogens with one attached hydrogen (secondary N) is 2. The highest BCUT2D eigenvalue weighted by Crippen LogP contribution is 2.17. The van der Waals surface area contributed by atoms with Crippen molar-refractivity contribution in [3.05, 3.63) is 0 Å². The van der Waals surface area contributed by atoms with Crippen molar-refractivity contribution in [1.82, 2.24) is 20.4 Å². The third-order valence-electron chi connectivity index (χ3n) is 5.30. The highest BCUT2D eigenvalue weighted by molar-refractivity contribution is 5.82. The van der Waals surface area contributed by atoms with Crippen LogP contribution < -0.4 is 10.6 Å². The summed E-state index contributed by atoms with van der Waals surface area (Å²) >= 11 is 0. The second kappa shape index (κ2) is 9.53. The van der Waals surface area contributed by atoms with Crippen LogP contribution in [0.3, 0.4) is 0 Å². The molecule has 0 aromatic heterocycles. The minimum Gasteiger partial charge on any atom is -0.354 e. The quantitative estimate of drug-likeness (QED) is 0.723. The molecule has 6 heteroatoms. The molecule has 0 spiro atoms. The number of piperidine rings is 1. The molecule has 2 heterocycles. The molecule has 2 atom stereocenters. The van der Waals surface area contributed by atoms with Crippen LogP contribution in [0.15, 0.2) is 0 Å². The lowest BCUT2D eigenvalue weighted by Crippen LogP contribution is -2.50. The van der Waals surface area contributed by atoms with E-state index in [1.165, 1.54) is 0 Å². The van der Waals surface area contributed by atoms with Crippen molar-refractivity contribution in [2.45, 2.75) is 71.5 Å². The van der Waals surface area contributed by atoms with E-state index in [4.69, 9.17) is 0 Å². The lowest BCUT2D eigenvalue weighted by atomic mass is 9.97. The lowest BCUT2D eigenvalue weighted by molar-refractivity contribution is -0.136. The summed E-state index contributed by atoms with van der Waals surface area (Å²) in [5.41, 5.74) is 0. The molecule has 0 aliphatic carbocycles. The smallest absolute Gasteiger partial charge is 0.237 e. The van der Waals surface area contributed by atoms with Crippen LogP contribution in [0, 0.1) is 5.92 Å². The zero-order valence-corrected chi connectivity index (χ0v) is 16.4. The van der Waals surface area contributed by atoms with E-state index in [-0.39, 0.29) is 29.9 Å². The Labute approximate surface area is 152 Å². The van der Waals surface area contributed by atoms with Crippen molar-refractivity contribution in [3.8, 4) is 0 Å². The first kappa shape index (κ1) is 20.2. The summed E-state index contributed by atoms with van der Waals surface area (Å²) in [4.78, 5) is 29.0. The number of rotatable bonds is 7. The molecule has 2 aliphatic heterocycles. The van der Waals surface area contributed by atoms with E-state index in [2.05, 4.69) is 43.2 Å². The summed E-state index contributed by atoms with van der Waals surface area (Å²) in [6.07, 6.45) is 4.25. The molecule has 2 N–H and O–H groups in total. The van der Waals surface area contributed by atoms with Gasteiger partial charge in [-0.3, -0.25) is 14.5 Å². The van der Waals surface area contributed by atoms with Crippen LogP contribution in [-0.4, -0.2) is 72.5 Å². The molecule has 144 valence electrons. The zero-order chi connectivity index (χ0) is 18.4. The Balaban J connectivity index is 1.77. The second-order valence-corrected chi connectivity index (χ2v) is 8.13. The second-order valence-electron chi connectivity index (χ2n) is 8.13. The van der Waals surface area contributed by atoms with Gasteiger partial charge in [-0.05, 0) is 72.4 Å². The maximum atomic E-state index is 12.6. The monoisotopic (exact) mass is 352 g/mol. The van der Waals surface area contributed by atoms with Crippen molar-refractivity contribution in [3.63, 3.8) is 0 Å². The number of carbonyl (C=O) groups excluding carboxylic acids is 2. The van der Waals surface area contributed by atoms with Gasteiger partial charge in [-0.1, -0.05) is 0 Å². The van der Waals surface area contributed by atoms with Gasteiger partial charge in [0.1, 0.15) is 0 Å². The predicted molar refractivity (Wildman–Crippen MR) is 100 cm³/mol. The average Bonchev–Trinajstić information content (AvgIpc) is 3.06. The molecule has 25 heavy (non-hydrogen) atoms. The lowest BCUT2D eigenvalue weighted by Gasteiger charge is -2.36. The van der Waals surface area contributed by atoms with Crippen molar-refractivity contribution in [2.24, 2.45) is 5.92 Å².